The highest BCUT2D eigenvalue weighted by molar-refractivity contribution is 7.26. The Morgan fingerprint density at radius 2 is 1.01 bits per heavy atom. The van der Waals surface area contributed by atoms with Crippen LogP contribution in [0.1, 0.15) is 154 Å². The highest BCUT2D eigenvalue weighted by Crippen LogP contribution is 2.64. The van der Waals surface area contributed by atoms with Crippen LogP contribution in [0.15, 0.2) is 176 Å². The van der Waals surface area contributed by atoms with E-state index in [2.05, 4.69) is 279 Å². The van der Waals surface area contributed by atoms with E-state index >= 15 is 0 Å². The first-order chi connectivity index (χ1) is 41.2. The molecule has 6 aliphatic rings. The lowest BCUT2D eigenvalue weighted by atomic mass is 9.33. The van der Waals surface area contributed by atoms with Gasteiger partial charge in [-0.05, 0) is 192 Å². The van der Waals surface area contributed by atoms with Crippen molar-refractivity contribution in [3.05, 3.63) is 209 Å². The molecule has 4 atom stereocenters. The van der Waals surface area contributed by atoms with Gasteiger partial charge in [-0.15, -0.1) is 11.3 Å². The van der Waals surface area contributed by atoms with Crippen molar-refractivity contribution in [2.75, 3.05) is 19.6 Å². The first-order valence-electron chi connectivity index (χ1n) is 32.2. The van der Waals surface area contributed by atoms with Gasteiger partial charge < -0.3 is 19.6 Å². The van der Waals surface area contributed by atoms with Gasteiger partial charge in [0, 0.05) is 82.1 Å². The van der Waals surface area contributed by atoms with Crippen LogP contribution in [0.4, 0.5) is 56.9 Å². The predicted octanol–water partition coefficient (Wildman–Crippen LogP) is 20.5. The van der Waals surface area contributed by atoms with Crippen LogP contribution in [0.5, 0.6) is 0 Å². The van der Waals surface area contributed by atoms with E-state index in [-0.39, 0.29) is 39.5 Å². The lowest BCUT2D eigenvalue weighted by molar-refractivity contribution is 0.194. The molecule has 4 nitrogen and oxygen atoms in total. The molecule has 1 aromatic heterocycles. The van der Waals surface area contributed by atoms with Crippen LogP contribution in [-0.4, -0.2) is 17.8 Å². The van der Waals surface area contributed by atoms with Crippen molar-refractivity contribution in [3.8, 4) is 11.1 Å². The Labute approximate surface area is 515 Å². The molecule has 9 aromatic carbocycles. The molecule has 0 radical (unpaired) electrons. The highest BCUT2D eigenvalue weighted by Gasteiger charge is 2.60. The molecule has 10 aromatic rings. The Hall–Kier alpha value is -7.54. The van der Waals surface area contributed by atoms with Gasteiger partial charge in [0.2, 0.25) is 0 Å². The average molecular weight is 1140 g/mol. The van der Waals surface area contributed by atoms with Crippen molar-refractivity contribution in [2.45, 2.75) is 167 Å². The fourth-order valence-corrected chi connectivity index (χ4v) is 19.2. The lowest BCUT2D eigenvalue weighted by Crippen LogP contribution is -2.62. The van der Waals surface area contributed by atoms with Crippen molar-refractivity contribution in [2.24, 2.45) is 0 Å². The Kier molecular flexibility index (Phi) is 11.6. The van der Waals surface area contributed by atoms with Crippen LogP contribution < -0.4 is 36.0 Å². The minimum absolute atomic E-state index is 0.00343. The summed E-state index contributed by atoms with van der Waals surface area (Å²) in [5.41, 5.74) is 27.2. The Balaban J connectivity index is 1.07. The number of aryl methyl sites for hydroxylation is 2. The van der Waals surface area contributed by atoms with Crippen molar-refractivity contribution in [1.29, 1.82) is 0 Å². The zero-order valence-electron chi connectivity index (χ0n) is 52.7. The number of nitrogens with zero attached hydrogens (tertiary/aromatic N) is 4. The molecule has 2 aliphatic carbocycles. The Bertz CT molecular complexity index is 4480. The fourth-order valence-electron chi connectivity index (χ4n) is 18.1. The molecule has 0 N–H and O–H groups in total. The van der Waals surface area contributed by atoms with Crippen LogP contribution in [0.2, 0.25) is 0 Å². The number of rotatable bonds is 5. The maximum absolute atomic E-state index is 2.84. The molecule has 0 spiro atoms. The van der Waals surface area contributed by atoms with Crippen LogP contribution in [0.3, 0.4) is 0 Å². The zero-order valence-corrected chi connectivity index (χ0v) is 53.5. The smallest absolute Gasteiger partial charge is 0.252 e. The molecule has 0 saturated heterocycles. The van der Waals surface area contributed by atoms with Crippen molar-refractivity contribution in [1.82, 2.24) is 0 Å². The zero-order chi connectivity index (χ0) is 59.2. The van der Waals surface area contributed by atoms with Gasteiger partial charge in [-0.1, -0.05) is 184 Å². The summed E-state index contributed by atoms with van der Waals surface area (Å²) in [5, 5.41) is 2.63. The fraction of sp³-hybridized carbons (Fsp3) is 0.325. The van der Waals surface area contributed by atoms with Gasteiger partial charge in [0.1, 0.15) is 0 Å². The van der Waals surface area contributed by atoms with E-state index < -0.39 is 0 Å². The Morgan fingerprint density at radius 1 is 0.442 bits per heavy atom. The molecule has 5 heterocycles. The normalized spacial score (nSPS) is 22.8. The van der Waals surface area contributed by atoms with E-state index in [0.717, 1.165) is 12.8 Å². The third kappa shape index (κ3) is 7.35. The quantitative estimate of drug-likeness (QED) is 0.159. The van der Waals surface area contributed by atoms with Crippen LogP contribution in [0, 0.1) is 13.8 Å². The van der Waals surface area contributed by atoms with Gasteiger partial charge in [-0.2, -0.15) is 0 Å². The molecular formula is C80H81BN4S. The van der Waals surface area contributed by atoms with E-state index in [1.807, 2.05) is 11.3 Å². The molecule has 4 unspecified atom stereocenters. The summed E-state index contributed by atoms with van der Waals surface area (Å²) >= 11 is 1.92. The number of thiophene rings is 1. The predicted molar refractivity (Wildman–Crippen MR) is 371 cm³/mol. The van der Waals surface area contributed by atoms with Crippen molar-refractivity contribution >= 4 is 111 Å². The number of benzene rings is 9. The number of hydrogen-bond acceptors (Lipinski definition) is 5. The molecule has 2 fully saturated rings. The summed E-state index contributed by atoms with van der Waals surface area (Å²) in [6.45, 7) is 29.3. The summed E-state index contributed by atoms with van der Waals surface area (Å²) in [6.07, 6.45) is 9.54. The second kappa shape index (κ2) is 18.5. The summed E-state index contributed by atoms with van der Waals surface area (Å²) in [7, 11) is 0. The molecule has 430 valence electrons. The average Bonchev–Trinajstić information content (AvgIpc) is 1.29. The number of fused-ring (bicyclic) bond motifs is 13. The minimum atomic E-state index is -0.175. The summed E-state index contributed by atoms with van der Waals surface area (Å²) in [4.78, 5) is 11.2. The van der Waals surface area contributed by atoms with E-state index in [1.165, 1.54) is 171 Å². The summed E-state index contributed by atoms with van der Waals surface area (Å²) < 4.78 is 2.63. The monoisotopic (exact) mass is 1140 g/mol. The van der Waals surface area contributed by atoms with Crippen LogP contribution >= 0.6 is 11.3 Å². The molecule has 6 heteroatoms. The first kappa shape index (κ1) is 53.9. The molecular weight excluding hydrogens is 1060 g/mol. The van der Waals surface area contributed by atoms with Gasteiger partial charge in [0.25, 0.3) is 6.71 Å². The summed E-state index contributed by atoms with van der Waals surface area (Å²) in [6, 6.07) is 70.0. The molecule has 4 aliphatic heterocycles. The second-order valence-corrected chi connectivity index (χ2v) is 30.7. The van der Waals surface area contributed by atoms with E-state index in [9.17, 15) is 0 Å². The van der Waals surface area contributed by atoms with Crippen LogP contribution in [-0.2, 0) is 21.7 Å². The van der Waals surface area contributed by atoms with Gasteiger partial charge in [0.15, 0.2) is 0 Å². The number of anilines is 10. The van der Waals surface area contributed by atoms with E-state index in [1.54, 1.807) is 5.56 Å². The molecule has 2 saturated carbocycles. The largest absolute Gasteiger partial charge is 0.334 e. The third-order valence-corrected chi connectivity index (χ3v) is 23.9. The van der Waals surface area contributed by atoms with Gasteiger partial charge in [0.05, 0.1) is 22.5 Å². The van der Waals surface area contributed by atoms with E-state index in [0.29, 0.717) is 0 Å². The maximum Gasteiger partial charge on any atom is 0.252 e. The SMILES string of the molecule is Cc1cc(C)c2c(c1)N(c1ccc3c(c1)N(c1ccc(C(C)(C)C)cc1-c1ccccc1)c1cc(N4c5ccccc5C5(C)CCCCC45C)cc4c1B3c1ccc(C(C)(C)C)cc1N4c1cccc3sc4ccccc4c13)C1(C)CCCCC21C. The standard InChI is InChI=1S/C80H81BN4S/c1-50-43-51(2)73-67(44-50)84(80(12)42-23-21-40-78(73,80)10)55-35-37-61-66(47-55)82(62-38-34-53(75(3,4)5)45-58(62)52-25-14-13-15-26-52)68-48-56(85-63-29-18-17-28-59(63)77(9)39-20-22-41-79(77,85)11)49-69-74(68)81(61)60-36-33-54(76(6,7)8)46-65(60)83(69)64-30-24-32-71-72(64)57-27-16-19-31-70(57)86-71/h13-19,24-38,43-49H,20-23,39-42H2,1-12H3. The number of para-hydroxylation sites is 1. The third-order valence-electron chi connectivity index (χ3n) is 22.8. The Morgan fingerprint density at radius 3 is 1.76 bits per heavy atom. The highest BCUT2D eigenvalue weighted by atomic mass is 32.1. The van der Waals surface area contributed by atoms with E-state index in [4.69, 9.17) is 0 Å². The number of hydrogen-bond donors (Lipinski definition) is 0. The van der Waals surface area contributed by atoms with Crippen LogP contribution in [0.25, 0.3) is 31.3 Å². The lowest BCUT2D eigenvalue weighted by Gasteiger charge is -2.51. The molecule has 0 bridgehead atoms. The molecule has 86 heavy (non-hydrogen) atoms. The van der Waals surface area contributed by atoms with Gasteiger partial charge in [-0.3, -0.25) is 0 Å². The second-order valence-electron chi connectivity index (χ2n) is 29.7. The molecule has 16 rings (SSSR count). The van der Waals surface area contributed by atoms with Crippen molar-refractivity contribution in [3.63, 3.8) is 0 Å². The summed E-state index contributed by atoms with van der Waals surface area (Å²) in [5.74, 6) is 0. The topological polar surface area (TPSA) is 13.0 Å². The molecule has 0 amide bonds. The van der Waals surface area contributed by atoms with Crippen molar-refractivity contribution < 1.29 is 0 Å². The maximum atomic E-state index is 2.84. The first-order valence-corrected chi connectivity index (χ1v) is 33.0. The van der Waals surface area contributed by atoms with Gasteiger partial charge >= 0.3 is 0 Å². The van der Waals surface area contributed by atoms with Gasteiger partial charge in [-0.25, -0.2) is 0 Å². The minimum Gasteiger partial charge on any atom is -0.334 e.